The average molecular weight is 298 g/mol. The number of ether oxygens (including phenoxy) is 1. The van der Waals surface area contributed by atoms with Crippen molar-refractivity contribution < 1.29 is 4.74 Å². The van der Waals surface area contributed by atoms with Crippen molar-refractivity contribution in [2.24, 2.45) is 5.92 Å². The zero-order valence-corrected chi connectivity index (χ0v) is 12.3. The van der Waals surface area contributed by atoms with Gasteiger partial charge in [-0.2, -0.15) is 15.0 Å². The smallest absolute Gasteiger partial charge is 0.231 e. The third kappa shape index (κ3) is 3.49. The Morgan fingerprint density at radius 2 is 1.90 bits per heavy atom. The molecule has 2 heterocycles. The molecule has 0 atom stereocenters. The number of hydrogen-bond donors (Lipinski definition) is 1. The van der Waals surface area contributed by atoms with Crippen molar-refractivity contribution in [3.8, 4) is 0 Å². The number of nitrogens with one attached hydrogen (secondary N) is 1. The lowest BCUT2D eigenvalue weighted by Gasteiger charge is -2.26. The summed E-state index contributed by atoms with van der Waals surface area (Å²) >= 11 is 6.00. The summed E-state index contributed by atoms with van der Waals surface area (Å²) in [6, 6.07) is 0. The van der Waals surface area contributed by atoms with E-state index < -0.39 is 0 Å². The number of halogens is 1. The SMILES string of the molecule is Clc1nc(NCC2CCCC2)nc(N2CCOCC2)n1. The molecule has 3 rings (SSSR count). The molecule has 1 N–H and O–H groups in total. The van der Waals surface area contributed by atoms with Crippen molar-refractivity contribution >= 4 is 23.5 Å². The molecule has 2 aliphatic rings. The fourth-order valence-corrected chi connectivity index (χ4v) is 2.93. The first-order valence-electron chi connectivity index (χ1n) is 7.29. The van der Waals surface area contributed by atoms with Crippen molar-refractivity contribution in [2.45, 2.75) is 25.7 Å². The van der Waals surface area contributed by atoms with Crippen LogP contribution in [0.4, 0.5) is 11.9 Å². The summed E-state index contributed by atoms with van der Waals surface area (Å²) in [6.07, 6.45) is 5.26. The Bertz CT molecular complexity index is 446. The molecular formula is C13H20ClN5O. The highest BCUT2D eigenvalue weighted by Gasteiger charge is 2.18. The van der Waals surface area contributed by atoms with E-state index in [1.54, 1.807) is 0 Å². The van der Waals surface area contributed by atoms with Crippen LogP contribution in [0.15, 0.2) is 0 Å². The molecule has 1 aliphatic carbocycles. The van der Waals surface area contributed by atoms with Gasteiger partial charge in [-0.1, -0.05) is 12.8 Å². The minimum atomic E-state index is 0.246. The minimum Gasteiger partial charge on any atom is -0.378 e. The first-order chi connectivity index (χ1) is 9.81. The lowest BCUT2D eigenvalue weighted by atomic mass is 10.1. The van der Waals surface area contributed by atoms with E-state index in [1.807, 2.05) is 0 Å². The predicted octanol–water partition coefficient (Wildman–Crippen LogP) is 1.96. The van der Waals surface area contributed by atoms with Gasteiger partial charge in [-0.3, -0.25) is 0 Å². The van der Waals surface area contributed by atoms with Crippen molar-refractivity contribution in [2.75, 3.05) is 43.1 Å². The lowest BCUT2D eigenvalue weighted by Crippen LogP contribution is -2.37. The second-order valence-corrected chi connectivity index (χ2v) is 5.70. The lowest BCUT2D eigenvalue weighted by molar-refractivity contribution is 0.122. The van der Waals surface area contributed by atoms with E-state index in [-0.39, 0.29) is 5.28 Å². The fraction of sp³-hybridized carbons (Fsp3) is 0.769. The summed E-state index contributed by atoms with van der Waals surface area (Å²) in [6.45, 7) is 3.91. The predicted molar refractivity (Wildman–Crippen MR) is 78.3 cm³/mol. The van der Waals surface area contributed by atoms with Crippen LogP contribution in [0.2, 0.25) is 5.28 Å². The van der Waals surface area contributed by atoms with Gasteiger partial charge >= 0.3 is 0 Å². The maximum atomic E-state index is 6.00. The molecule has 0 unspecified atom stereocenters. The maximum absolute atomic E-state index is 6.00. The second kappa shape index (κ2) is 6.54. The van der Waals surface area contributed by atoms with Crippen LogP contribution in [-0.4, -0.2) is 47.8 Å². The van der Waals surface area contributed by atoms with Crippen LogP contribution in [0.3, 0.4) is 0 Å². The normalized spacial score (nSPS) is 20.4. The first kappa shape index (κ1) is 13.8. The van der Waals surface area contributed by atoms with Gasteiger partial charge in [0.05, 0.1) is 13.2 Å². The van der Waals surface area contributed by atoms with Crippen molar-refractivity contribution in [1.82, 2.24) is 15.0 Å². The summed E-state index contributed by atoms with van der Waals surface area (Å²) in [5.41, 5.74) is 0. The largest absolute Gasteiger partial charge is 0.378 e. The molecular weight excluding hydrogens is 278 g/mol. The molecule has 1 saturated heterocycles. The van der Waals surface area contributed by atoms with Gasteiger partial charge in [-0.25, -0.2) is 0 Å². The molecule has 2 fully saturated rings. The van der Waals surface area contributed by atoms with E-state index in [1.165, 1.54) is 25.7 Å². The van der Waals surface area contributed by atoms with E-state index in [9.17, 15) is 0 Å². The standard InChI is InChI=1S/C13H20ClN5O/c14-11-16-12(15-9-10-3-1-2-4-10)18-13(17-11)19-5-7-20-8-6-19/h10H,1-9H2,(H,15,16,17,18). The van der Waals surface area contributed by atoms with Gasteiger partial charge in [-0.15, -0.1) is 0 Å². The molecule has 1 saturated carbocycles. The van der Waals surface area contributed by atoms with Gasteiger partial charge in [-0.05, 0) is 30.4 Å². The summed E-state index contributed by atoms with van der Waals surface area (Å²) in [5, 5.41) is 3.55. The van der Waals surface area contributed by atoms with Crippen LogP contribution in [0.5, 0.6) is 0 Å². The molecule has 0 aromatic carbocycles. The van der Waals surface area contributed by atoms with Crippen LogP contribution >= 0.6 is 11.6 Å². The quantitative estimate of drug-likeness (QED) is 0.917. The molecule has 0 bridgehead atoms. The Morgan fingerprint density at radius 3 is 2.65 bits per heavy atom. The number of nitrogens with zero attached hydrogens (tertiary/aromatic N) is 4. The average Bonchev–Trinajstić information content (AvgIpc) is 2.99. The Balaban J connectivity index is 1.65. The molecule has 1 aliphatic heterocycles. The fourth-order valence-electron chi connectivity index (χ4n) is 2.77. The number of morpholine rings is 1. The van der Waals surface area contributed by atoms with Crippen molar-refractivity contribution in [1.29, 1.82) is 0 Å². The van der Waals surface area contributed by atoms with Crippen LogP contribution in [0, 0.1) is 5.92 Å². The maximum Gasteiger partial charge on any atom is 0.231 e. The van der Waals surface area contributed by atoms with E-state index in [2.05, 4.69) is 25.2 Å². The molecule has 0 radical (unpaired) electrons. The topological polar surface area (TPSA) is 63.2 Å². The van der Waals surface area contributed by atoms with Crippen LogP contribution in [0.1, 0.15) is 25.7 Å². The third-order valence-electron chi connectivity index (χ3n) is 3.91. The van der Waals surface area contributed by atoms with Gasteiger partial charge in [0.1, 0.15) is 0 Å². The summed E-state index contributed by atoms with van der Waals surface area (Å²) in [4.78, 5) is 14.9. The monoisotopic (exact) mass is 297 g/mol. The van der Waals surface area contributed by atoms with Gasteiger partial charge in [0.15, 0.2) is 0 Å². The molecule has 1 aromatic heterocycles. The van der Waals surface area contributed by atoms with E-state index >= 15 is 0 Å². The van der Waals surface area contributed by atoms with Gasteiger partial charge in [0.2, 0.25) is 17.2 Å². The minimum absolute atomic E-state index is 0.246. The summed E-state index contributed by atoms with van der Waals surface area (Å²) in [5.74, 6) is 1.96. The third-order valence-corrected chi connectivity index (χ3v) is 4.08. The Morgan fingerprint density at radius 1 is 1.15 bits per heavy atom. The number of anilines is 2. The number of rotatable bonds is 4. The highest BCUT2D eigenvalue weighted by atomic mass is 35.5. The Hall–Kier alpha value is -1.14. The summed E-state index contributed by atoms with van der Waals surface area (Å²) in [7, 11) is 0. The highest BCUT2D eigenvalue weighted by Crippen LogP contribution is 2.25. The number of aromatic nitrogens is 3. The highest BCUT2D eigenvalue weighted by molar-refractivity contribution is 6.28. The molecule has 0 amide bonds. The first-order valence-corrected chi connectivity index (χ1v) is 7.67. The van der Waals surface area contributed by atoms with E-state index in [4.69, 9.17) is 16.3 Å². The zero-order valence-electron chi connectivity index (χ0n) is 11.5. The van der Waals surface area contributed by atoms with Crippen LogP contribution in [-0.2, 0) is 4.74 Å². The van der Waals surface area contributed by atoms with Crippen molar-refractivity contribution in [3.63, 3.8) is 0 Å². The van der Waals surface area contributed by atoms with Crippen LogP contribution < -0.4 is 10.2 Å². The summed E-state index contributed by atoms with van der Waals surface area (Å²) < 4.78 is 5.34. The van der Waals surface area contributed by atoms with Crippen molar-refractivity contribution in [3.05, 3.63) is 5.28 Å². The van der Waals surface area contributed by atoms with Gasteiger partial charge in [0, 0.05) is 19.6 Å². The molecule has 110 valence electrons. The van der Waals surface area contributed by atoms with E-state index in [0.717, 1.165) is 25.6 Å². The second-order valence-electron chi connectivity index (χ2n) is 5.36. The molecule has 7 heteroatoms. The molecule has 1 aromatic rings. The number of hydrogen-bond acceptors (Lipinski definition) is 6. The zero-order chi connectivity index (χ0) is 13.8. The van der Waals surface area contributed by atoms with Gasteiger partial charge < -0.3 is 15.0 Å². The van der Waals surface area contributed by atoms with Gasteiger partial charge in [0.25, 0.3) is 0 Å². The van der Waals surface area contributed by atoms with E-state index in [0.29, 0.717) is 25.1 Å². The van der Waals surface area contributed by atoms with Crippen LogP contribution in [0.25, 0.3) is 0 Å². The Kier molecular flexibility index (Phi) is 4.52. The molecule has 0 spiro atoms. The Labute approximate surface area is 123 Å². The molecule has 20 heavy (non-hydrogen) atoms. The molecule has 6 nitrogen and oxygen atoms in total.